The molecular formula is C22H36B4FN5O. The molecule has 3 fully saturated rings. The number of ether oxygens (including phenoxy) is 1. The summed E-state index contributed by atoms with van der Waals surface area (Å²) in [5, 5.41) is 12.4. The second kappa shape index (κ2) is 11.2. The number of nitrogens with one attached hydrogen (secondary N) is 4. The van der Waals surface area contributed by atoms with Crippen molar-refractivity contribution in [1.82, 2.24) is 26.2 Å². The highest BCUT2D eigenvalue weighted by Crippen LogP contribution is 2.44. The maximum absolute atomic E-state index is 16.2. The molecule has 3 heterocycles. The van der Waals surface area contributed by atoms with Gasteiger partial charge in [0, 0.05) is 31.2 Å². The Hall–Kier alpha value is -0.310. The standard InChI is InChI=1S/C22H36B4FN5O/c1-32-6-2-3-13(4-7-32)18-19(27)16(9-14-5-8-33-20(14)18)30-21-29-15(11-23)10-17(31-21)28-12-22(24,25)26/h4,14-21,28-31H,2-3,5-12H2,1H3. The first-order valence-electron chi connectivity index (χ1n) is 12.4. The molecule has 4 rings (SSSR count). The zero-order valence-electron chi connectivity index (χ0n) is 19.8. The summed E-state index contributed by atoms with van der Waals surface area (Å²) in [5.74, 6) is 0.182. The van der Waals surface area contributed by atoms with Gasteiger partial charge in [-0.3, -0.25) is 16.0 Å². The molecule has 0 amide bonds. The second-order valence-electron chi connectivity index (χ2n) is 10.5. The summed E-state index contributed by atoms with van der Waals surface area (Å²) < 4.78 is 22.3. The van der Waals surface area contributed by atoms with Crippen LogP contribution in [0.25, 0.3) is 0 Å². The van der Waals surface area contributed by atoms with E-state index >= 15 is 4.39 Å². The fraction of sp³-hybridized carbons (Fsp3) is 0.909. The average molecular weight is 449 g/mol. The van der Waals surface area contributed by atoms with Gasteiger partial charge in [-0.25, -0.2) is 4.39 Å². The first kappa shape index (κ1) is 25.8. The Morgan fingerprint density at radius 1 is 1.27 bits per heavy atom. The molecule has 4 N–H and O–H groups in total. The summed E-state index contributed by atoms with van der Waals surface area (Å²) in [4.78, 5) is 2.29. The molecule has 8 unspecified atom stereocenters. The lowest BCUT2D eigenvalue weighted by Gasteiger charge is -2.45. The van der Waals surface area contributed by atoms with E-state index in [0.717, 1.165) is 51.8 Å². The fourth-order valence-corrected chi connectivity index (χ4v) is 5.91. The van der Waals surface area contributed by atoms with Gasteiger partial charge >= 0.3 is 0 Å². The predicted octanol–water partition coefficient (Wildman–Crippen LogP) is -0.323. The number of alkyl halides is 1. The molecule has 33 heavy (non-hydrogen) atoms. The summed E-state index contributed by atoms with van der Waals surface area (Å²) >= 11 is 0. The molecule has 0 spiro atoms. The van der Waals surface area contributed by atoms with E-state index < -0.39 is 11.3 Å². The molecule has 0 aromatic heterocycles. The zero-order valence-corrected chi connectivity index (χ0v) is 19.8. The van der Waals surface area contributed by atoms with Crippen molar-refractivity contribution in [2.45, 2.75) is 80.4 Å². The van der Waals surface area contributed by atoms with Gasteiger partial charge in [-0.05, 0) is 58.2 Å². The minimum absolute atomic E-state index is 0.0158. The highest BCUT2D eigenvalue weighted by molar-refractivity contribution is 6.59. The quantitative estimate of drug-likeness (QED) is 0.316. The largest absolute Gasteiger partial charge is 0.377 e. The van der Waals surface area contributed by atoms with Crippen molar-refractivity contribution in [3.63, 3.8) is 0 Å². The van der Waals surface area contributed by atoms with Crippen LogP contribution in [0.1, 0.15) is 32.1 Å². The van der Waals surface area contributed by atoms with Crippen LogP contribution >= 0.6 is 0 Å². The molecule has 0 aromatic rings. The molecular weight excluding hydrogens is 413 g/mol. The van der Waals surface area contributed by atoms with E-state index in [1.807, 2.05) is 0 Å². The Kier molecular flexibility index (Phi) is 8.72. The summed E-state index contributed by atoms with van der Waals surface area (Å²) in [6.07, 6.45) is 5.80. The number of likely N-dealkylation sites (N-methyl/N-ethyl adjacent to an activating group) is 1. The van der Waals surface area contributed by atoms with Crippen molar-refractivity contribution in [3.05, 3.63) is 11.6 Å². The monoisotopic (exact) mass is 449 g/mol. The molecule has 0 bridgehead atoms. The van der Waals surface area contributed by atoms with Crippen LogP contribution in [0.15, 0.2) is 11.6 Å². The molecule has 174 valence electrons. The lowest BCUT2D eigenvalue weighted by atomic mass is 9.43. The third-order valence-electron chi connectivity index (χ3n) is 7.61. The second-order valence-corrected chi connectivity index (χ2v) is 10.5. The van der Waals surface area contributed by atoms with Crippen LogP contribution in [0, 0.1) is 11.8 Å². The highest BCUT2D eigenvalue weighted by Gasteiger charge is 2.49. The van der Waals surface area contributed by atoms with Crippen LogP contribution in [0.2, 0.25) is 11.4 Å². The van der Waals surface area contributed by atoms with Crippen molar-refractivity contribution in [2.75, 3.05) is 33.3 Å². The highest BCUT2D eigenvalue weighted by atomic mass is 19.1. The molecule has 8 atom stereocenters. The number of fused-ring (bicyclic) bond motifs is 1. The van der Waals surface area contributed by atoms with E-state index in [-0.39, 0.29) is 43.1 Å². The molecule has 8 radical (unpaired) electrons. The third-order valence-corrected chi connectivity index (χ3v) is 7.61. The molecule has 4 aliphatic rings. The van der Waals surface area contributed by atoms with Gasteiger partial charge in [-0.1, -0.05) is 18.0 Å². The minimum Gasteiger partial charge on any atom is -0.377 e. The lowest BCUT2D eigenvalue weighted by Crippen LogP contribution is -2.70. The van der Waals surface area contributed by atoms with Crippen molar-refractivity contribution in [1.29, 1.82) is 0 Å². The molecule has 1 aliphatic carbocycles. The first-order valence-corrected chi connectivity index (χ1v) is 12.4. The SMILES string of the molecule is [B]CC1CC(NCC([B])([B])[B])NC(NC2CC3CCOC3C(C3=CCN(C)CCC3)C2F)N1. The molecule has 2 saturated heterocycles. The normalized spacial score (nSPS) is 40.7. The van der Waals surface area contributed by atoms with E-state index in [1.54, 1.807) is 0 Å². The molecule has 1 saturated carbocycles. The molecule has 11 heteroatoms. The van der Waals surface area contributed by atoms with E-state index in [2.05, 4.69) is 39.3 Å². The first-order chi connectivity index (χ1) is 15.7. The summed E-state index contributed by atoms with van der Waals surface area (Å²) in [7, 11) is 25.2. The van der Waals surface area contributed by atoms with Gasteiger partial charge in [0.25, 0.3) is 0 Å². The molecule has 0 aromatic carbocycles. The number of nitrogens with zero attached hydrogens (tertiary/aromatic N) is 1. The number of hydrogen-bond donors (Lipinski definition) is 4. The summed E-state index contributed by atoms with van der Waals surface area (Å²) in [6.45, 7) is 2.88. The van der Waals surface area contributed by atoms with Crippen molar-refractivity contribution < 1.29 is 9.13 Å². The Balaban J connectivity index is 1.45. The minimum atomic E-state index is -1.30. The smallest absolute Gasteiger partial charge is 0.124 e. The van der Waals surface area contributed by atoms with Gasteiger partial charge in [0.05, 0.1) is 43.7 Å². The van der Waals surface area contributed by atoms with Gasteiger partial charge in [0.1, 0.15) is 12.5 Å². The van der Waals surface area contributed by atoms with Crippen molar-refractivity contribution in [3.8, 4) is 0 Å². The summed E-state index contributed by atoms with van der Waals surface area (Å²) in [6, 6.07) is -0.205. The Morgan fingerprint density at radius 2 is 2.09 bits per heavy atom. The van der Waals surface area contributed by atoms with E-state index in [4.69, 9.17) is 36.1 Å². The van der Waals surface area contributed by atoms with Gasteiger partial charge < -0.3 is 15.0 Å². The Morgan fingerprint density at radius 3 is 2.85 bits per heavy atom. The fourth-order valence-electron chi connectivity index (χ4n) is 5.91. The topological polar surface area (TPSA) is 60.6 Å². The van der Waals surface area contributed by atoms with Crippen LogP contribution in [-0.4, -0.2) is 106 Å². The Labute approximate surface area is 204 Å². The lowest BCUT2D eigenvalue weighted by molar-refractivity contribution is -0.0262. The summed E-state index contributed by atoms with van der Waals surface area (Å²) in [5.41, 5.74) is 1.23. The number of halogens is 1. The average Bonchev–Trinajstić information content (AvgIpc) is 3.12. The Bertz CT molecular complexity index is 684. The van der Waals surface area contributed by atoms with Gasteiger partial charge in [0.2, 0.25) is 0 Å². The van der Waals surface area contributed by atoms with Crippen LogP contribution in [-0.2, 0) is 4.74 Å². The van der Waals surface area contributed by atoms with Crippen LogP contribution in [0.3, 0.4) is 0 Å². The van der Waals surface area contributed by atoms with E-state index in [1.165, 1.54) is 5.57 Å². The zero-order chi connectivity index (χ0) is 23.6. The van der Waals surface area contributed by atoms with Crippen LogP contribution in [0.4, 0.5) is 4.39 Å². The molecule has 6 nitrogen and oxygen atoms in total. The molecule has 3 aliphatic heterocycles. The third kappa shape index (κ3) is 6.68. The van der Waals surface area contributed by atoms with Crippen molar-refractivity contribution >= 4 is 31.4 Å². The van der Waals surface area contributed by atoms with Gasteiger partial charge in [-0.2, -0.15) is 0 Å². The van der Waals surface area contributed by atoms with Crippen LogP contribution < -0.4 is 21.3 Å². The predicted molar refractivity (Wildman–Crippen MR) is 133 cm³/mol. The van der Waals surface area contributed by atoms with Crippen LogP contribution in [0.5, 0.6) is 0 Å². The van der Waals surface area contributed by atoms with Gasteiger partial charge in [-0.15, -0.1) is 5.11 Å². The maximum Gasteiger partial charge on any atom is 0.124 e. The number of hydrogen-bond acceptors (Lipinski definition) is 6. The van der Waals surface area contributed by atoms with Gasteiger partial charge in [0.15, 0.2) is 0 Å². The van der Waals surface area contributed by atoms with Crippen molar-refractivity contribution in [2.24, 2.45) is 11.8 Å². The maximum atomic E-state index is 16.2. The number of rotatable bonds is 7. The van der Waals surface area contributed by atoms with E-state index in [9.17, 15) is 0 Å². The van der Waals surface area contributed by atoms with E-state index in [0.29, 0.717) is 12.2 Å².